The van der Waals surface area contributed by atoms with Crippen LogP contribution in [0.3, 0.4) is 0 Å². The molecule has 58 valence electrons. The van der Waals surface area contributed by atoms with Crippen molar-refractivity contribution < 1.29 is 14.7 Å². The molecule has 0 saturated heterocycles. The molecule has 1 amide bonds. The maximum Gasteiger partial charge on any atom is 0.355 e. The van der Waals surface area contributed by atoms with Gasteiger partial charge < -0.3 is 10.4 Å². The van der Waals surface area contributed by atoms with Gasteiger partial charge in [-0.3, -0.25) is 4.79 Å². The van der Waals surface area contributed by atoms with E-state index in [0.717, 1.165) is 11.3 Å². The molecular weight excluding hydrogens is 168 g/mol. The molecule has 0 aliphatic heterocycles. The second-order valence-electron chi connectivity index (χ2n) is 1.61. The summed E-state index contributed by atoms with van der Waals surface area (Å²) in [6.45, 7) is 0. The van der Waals surface area contributed by atoms with E-state index in [0.29, 0.717) is 6.41 Å². The van der Waals surface area contributed by atoms with E-state index in [-0.39, 0.29) is 10.8 Å². The van der Waals surface area contributed by atoms with Crippen molar-refractivity contribution in [3.05, 3.63) is 11.1 Å². The fraction of sp³-hybridized carbons (Fsp3) is 0. The van der Waals surface area contributed by atoms with E-state index in [1.807, 2.05) is 0 Å². The number of anilines is 1. The van der Waals surface area contributed by atoms with E-state index < -0.39 is 5.97 Å². The van der Waals surface area contributed by atoms with Crippen molar-refractivity contribution in [2.24, 2.45) is 0 Å². The number of carbonyl (C=O) groups excluding carboxylic acids is 1. The van der Waals surface area contributed by atoms with Crippen molar-refractivity contribution in [1.82, 2.24) is 4.98 Å². The highest BCUT2D eigenvalue weighted by atomic mass is 32.1. The summed E-state index contributed by atoms with van der Waals surface area (Å²) < 4.78 is 0. The first-order chi connectivity index (χ1) is 5.24. The molecule has 0 fully saturated rings. The van der Waals surface area contributed by atoms with E-state index in [4.69, 9.17) is 5.11 Å². The number of carbonyl (C=O) groups is 2. The highest BCUT2D eigenvalue weighted by Gasteiger charge is 2.06. The number of hydrogen-bond donors (Lipinski definition) is 2. The summed E-state index contributed by atoms with van der Waals surface area (Å²) in [5, 5.41) is 12.3. The summed E-state index contributed by atoms with van der Waals surface area (Å²) in [6.07, 6.45) is 0.449. The van der Waals surface area contributed by atoms with Crippen LogP contribution in [0.25, 0.3) is 0 Å². The second kappa shape index (κ2) is 3.11. The first-order valence-electron chi connectivity index (χ1n) is 2.63. The van der Waals surface area contributed by atoms with Crippen LogP contribution in [-0.4, -0.2) is 22.5 Å². The Morgan fingerprint density at radius 2 is 2.55 bits per heavy atom. The quantitative estimate of drug-likeness (QED) is 0.647. The molecule has 0 bridgehead atoms. The van der Waals surface area contributed by atoms with Crippen LogP contribution in [0.2, 0.25) is 0 Å². The largest absolute Gasteiger partial charge is 0.476 e. The number of nitrogens with one attached hydrogen (secondary N) is 1. The lowest BCUT2D eigenvalue weighted by Gasteiger charge is -1.85. The summed E-state index contributed by atoms with van der Waals surface area (Å²) in [5.41, 5.74) is -0.0562. The molecule has 0 atom stereocenters. The van der Waals surface area contributed by atoms with Crippen molar-refractivity contribution >= 4 is 28.8 Å². The fourth-order valence-corrected chi connectivity index (χ4v) is 1.13. The minimum atomic E-state index is -1.10. The summed E-state index contributed by atoms with van der Waals surface area (Å²) in [6, 6.07) is 0. The number of carboxylic acids is 1. The number of amides is 1. The van der Waals surface area contributed by atoms with Crippen LogP contribution in [0.5, 0.6) is 0 Å². The third kappa shape index (κ3) is 1.74. The lowest BCUT2D eigenvalue weighted by atomic mass is 10.5. The van der Waals surface area contributed by atoms with Gasteiger partial charge in [0.05, 0.1) is 0 Å². The van der Waals surface area contributed by atoms with Crippen LogP contribution in [0.15, 0.2) is 5.38 Å². The Morgan fingerprint density at radius 1 is 1.82 bits per heavy atom. The Labute approximate surface area is 65.7 Å². The fourth-order valence-electron chi connectivity index (χ4n) is 0.489. The van der Waals surface area contributed by atoms with Gasteiger partial charge in [-0.2, -0.15) is 0 Å². The van der Waals surface area contributed by atoms with Crippen LogP contribution < -0.4 is 5.32 Å². The first kappa shape index (κ1) is 7.67. The van der Waals surface area contributed by atoms with Crippen molar-refractivity contribution in [1.29, 1.82) is 0 Å². The average molecular weight is 172 g/mol. The number of aromatic carboxylic acids is 1. The zero-order valence-electron chi connectivity index (χ0n) is 5.27. The molecule has 0 radical (unpaired) electrons. The molecule has 0 spiro atoms. The van der Waals surface area contributed by atoms with Crippen molar-refractivity contribution in [2.45, 2.75) is 0 Å². The van der Waals surface area contributed by atoms with Crippen LogP contribution >= 0.6 is 11.3 Å². The number of aromatic nitrogens is 1. The minimum Gasteiger partial charge on any atom is -0.476 e. The molecule has 5 nitrogen and oxygen atoms in total. The van der Waals surface area contributed by atoms with Gasteiger partial charge >= 0.3 is 5.97 Å². The standard InChI is InChI=1S/C5H4N2O3S/c8-2-6-5-7-3(1-11-5)4(9)10/h1-2H,(H,9,10)(H,6,7,8). The topological polar surface area (TPSA) is 79.3 Å². The SMILES string of the molecule is O=CNc1nc(C(=O)O)cs1. The zero-order chi connectivity index (χ0) is 8.27. The van der Waals surface area contributed by atoms with Crippen molar-refractivity contribution in [3.8, 4) is 0 Å². The molecule has 1 aromatic heterocycles. The number of hydrogen-bond acceptors (Lipinski definition) is 4. The maximum atomic E-state index is 10.2. The van der Waals surface area contributed by atoms with Crippen molar-refractivity contribution in [2.75, 3.05) is 5.32 Å². The van der Waals surface area contributed by atoms with E-state index in [1.54, 1.807) is 0 Å². The van der Waals surface area contributed by atoms with Gasteiger partial charge in [0.1, 0.15) is 0 Å². The van der Waals surface area contributed by atoms with Gasteiger partial charge in [0.25, 0.3) is 0 Å². The Kier molecular flexibility index (Phi) is 2.17. The predicted octanol–water partition coefficient (Wildman–Crippen LogP) is 0.410. The van der Waals surface area contributed by atoms with Gasteiger partial charge in [0.2, 0.25) is 6.41 Å². The third-order valence-electron chi connectivity index (χ3n) is 0.906. The second-order valence-corrected chi connectivity index (χ2v) is 2.46. The van der Waals surface area contributed by atoms with E-state index in [9.17, 15) is 9.59 Å². The van der Waals surface area contributed by atoms with E-state index >= 15 is 0 Å². The van der Waals surface area contributed by atoms with Crippen molar-refractivity contribution in [3.63, 3.8) is 0 Å². The Bertz CT molecular complexity index is 283. The lowest BCUT2D eigenvalue weighted by molar-refractivity contribution is -0.105. The monoisotopic (exact) mass is 172 g/mol. The predicted molar refractivity (Wildman–Crippen MR) is 38.8 cm³/mol. The summed E-state index contributed by atoms with van der Waals surface area (Å²) >= 11 is 1.07. The molecule has 0 saturated carbocycles. The molecule has 1 rings (SSSR count). The molecule has 1 aromatic rings. The normalized spacial score (nSPS) is 9.09. The summed E-state index contributed by atoms with van der Waals surface area (Å²) in [4.78, 5) is 23.7. The van der Waals surface area contributed by atoms with E-state index in [2.05, 4.69) is 10.3 Å². The molecule has 0 aromatic carbocycles. The van der Waals surface area contributed by atoms with Crippen LogP contribution in [0.1, 0.15) is 10.5 Å². The number of thiazole rings is 1. The lowest BCUT2D eigenvalue weighted by Crippen LogP contribution is -1.98. The third-order valence-corrected chi connectivity index (χ3v) is 1.68. The molecule has 2 N–H and O–H groups in total. The molecule has 0 aliphatic rings. The Morgan fingerprint density at radius 3 is 3.00 bits per heavy atom. The molecule has 6 heteroatoms. The highest BCUT2D eigenvalue weighted by molar-refractivity contribution is 7.14. The van der Waals surface area contributed by atoms with Gasteiger partial charge in [-0.25, -0.2) is 9.78 Å². The minimum absolute atomic E-state index is 0.0562. The Hall–Kier alpha value is -1.43. The van der Waals surface area contributed by atoms with Crippen LogP contribution in [0.4, 0.5) is 5.13 Å². The first-order valence-corrected chi connectivity index (χ1v) is 3.51. The molecular formula is C5H4N2O3S. The summed E-state index contributed by atoms with van der Waals surface area (Å²) in [7, 11) is 0. The molecule has 11 heavy (non-hydrogen) atoms. The van der Waals surface area contributed by atoms with Gasteiger partial charge in [0.15, 0.2) is 10.8 Å². The van der Waals surface area contributed by atoms with Gasteiger partial charge in [0, 0.05) is 5.38 Å². The molecule has 0 aliphatic carbocycles. The maximum absolute atomic E-state index is 10.2. The summed E-state index contributed by atoms with van der Waals surface area (Å²) in [5.74, 6) is -1.10. The highest BCUT2D eigenvalue weighted by Crippen LogP contribution is 2.13. The number of nitrogens with zero attached hydrogens (tertiary/aromatic N) is 1. The van der Waals surface area contributed by atoms with Gasteiger partial charge in [-0.1, -0.05) is 0 Å². The number of carboxylic acid groups (broad SMARTS) is 1. The number of rotatable bonds is 3. The smallest absolute Gasteiger partial charge is 0.355 e. The van der Waals surface area contributed by atoms with Gasteiger partial charge in [-0.15, -0.1) is 11.3 Å². The van der Waals surface area contributed by atoms with E-state index in [1.165, 1.54) is 5.38 Å². The van der Waals surface area contributed by atoms with Crippen LogP contribution in [-0.2, 0) is 4.79 Å². The molecule has 1 heterocycles. The Balaban J connectivity index is 2.81. The van der Waals surface area contributed by atoms with Gasteiger partial charge in [-0.05, 0) is 0 Å². The zero-order valence-corrected chi connectivity index (χ0v) is 6.09. The molecule has 0 unspecified atom stereocenters. The average Bonchev–Trinajstić information content (AvgIpc) is 2.37. The van der Waals surface area contributed by atoms with Crippen LogP contribution in [0, 0.1) is 0 Å².